The highest BCUT2D eigenvalue weighted by Gasteiger charge is 2.40. The van der Waals surface area contributed by atoms with E-state index in [1.165, 1.54) is 0 Å². The van der Waals surface area contributed by atoms with Crippen LogP contribution in [0.1, 0.15) is 143 Å². The number of benzene rings is 6. The first kappa shape index (κ1) is 52.9. The lowest BCUT2D eigenvalue weighted by molar-refractivity contribution is 0.134. The summed E-state index contributed by atoms with van der Waals surface area (Å²) < 4.78 is 68.0. The lowest BCUT2D eigenvalue weighted by atomic mass is 9.82. The van der Waals surface area contributed by atoms with E-state index in [-0.39, 0.29) is 10.8 Å². The number of hydrogen-bond donors (Lipinski definition) is 0. The molecule has 396 valence electrons. The fourth-order valence-electron chi connectivity index (χ4n) is 9.93. The fraction of sp³-hybridized carbons (Fsp3) is 0.419. The van der Waals surface area contributed by atoms with Gasteiger partial charge in [-0.1, -0.05) is 114 Å². The van der Waals surface area contributed by atoms with Crippen LogP contribution in [0.4, 0.5) is 0 Å². The normalized spacial score (nSPS) is 17.2. The summed E-state index contributed by atoms with van der Waals surface area (Å²) in [5, 5.41) is 0. The Morgan fingerprint density at radius 1 is 0.400 bits per heavy atom. The molecule has 0 fully saturated rings. The van der Waals surface area contributed by atoms with Gasteiger partial charge in [-0.3, -0.25) is 0 Å². The largest absolute Gasteiger partial charge is 0.530 e. The van der Waals surface area contributed by atoms with Gasteiger partial charge in [0.2, 0.25) is 0 Å². The molecule has 6 aromatic carbocycles. The third-order valence-corrected chi connectivity index (χ3v) is 17.8. The molecule has 0 N–H and O–H groups in total. The molecule has 4 aliphatic heterocycles. The molecule has 4 aliphatic rings. The summed E-state index contributed by atoms with van der Waals surface area (Å²) in [7, 11) is -4.37. The Kier molecular flexibility index (Phi) is 14.0. The van der Waals surface area contributed by atoms with Crippen LogP contribution >= 0.6 is 29.0 Å². The molecular formula is C62H72O10P2S. The molecule has 0 aromatic heterocycles. The van der Waals surface area contributed by atoms with Crippen molar-refractivity contribution in [2.75, 3.05) is 0 Å². The van der Waals surface area contributed by atoms with Crippen LogP contribution in [0.5, 0.6) is 57.5 Å². The molecule has 13 heteroatoms. The SMILES string of the molecule is CCC(C)(C)c1ccc(OP(Oc2cccc3c2OC(C)(C)C3)Oc2cccc3c2OC(C)(C)C3)c(Sc2cc(C(C)(C)CC)ccc2OP(Oc2cccc3c2OC(C)(C)C3)Oc2cccc3c2OC(C)(C)C3)c1. The van der Waals surface area contributed by atoms with E-state index >= 15 is 0 Å². The van der Waals surface area contributed by atoms with E-state index in [1.807, 2.05) is 60.7 Å². The van der Waals surface area contributed by atoms with Gasteiger partial charge in [0.1, 0.15) is 33.9 Å². The lowest BCUT2D eigenvalue weighted by Crippen LogP contribution is -2.24. The topological polar surface area (TPSA) is 92.3 Å². The molecule has 0 aliphatic carbocycles. The summed E-state index contributed by atoms with van der Waals surface area (Å²) in [5.74, 6) is 6.10. The monoisotopic (exact) mass is 1070 g/mol. The van der Waals surface area contributed by atoms with Gasteiger partial charge in [-0.15, -0.1) is 0 Å². The van der Waals surface area contributed by atoms with E-state index < -0.39 is 39.6 Å². The van der Waals surface area contributed by atoms with Crippen molar-refractivity contribution in [1.82, 2.24) is 0 Å². The van der Waals surface area contributed by atoms with Crippen molar-refractivity contribution in [3.05, 3.63) is 143 Å². The summed E-state index contributed by atoms with van der Waals surface area (Å²) in [6.45, 7) is 30.2. The first-order chi connectivity index (χ1) is 35.4. The number of fused-ring (bicyclic) bond motifs is 4. The molecule has 10 nitrogen and oxygen atoms in total. The van der Waals surface area contributed by atoms with Crippen molar-refractivity contribution in [2.45, 2.75) is 178 Å². The molecule has 0 amide bonds. The number of hydrogen-bond acceptors (Lipinski definition) is 11. The molecule has 4 heterocycles. The van der Waals surface area contributed by atoms with Gasteiger partial charge in [0, 0.05) is 47.9 Å². The molecular weight excluding hydrogens is 999 g/mol. The second kappa shape index (κ2) is 19.8. The standard InChI is InChI=1S/C62H72O10P2S/c1-15-57(3,4)43-29-31-45(67-73(69-47-25-17-21-39-35-59(7,8)63-53(39)47)70-48-26-18-22-40-36-60(9,10)64-54(40)48)51(33-43)75-52-34-44(58(5,6)16-2)30-32-46(52)68-74(71-49-27-19-23-41-37-61(11,12)65-55(41)49)72-50-28-20-24-42-38-62(13,14)66-56(42)50/h17-34H,15-16,35-38H2,1-14H3. The summed E-state index contributed by atoms with van der Waals surface area (Å²) >= 11 is 1.56. The molecule has 0 radical (unpaired) electrons. The van der Waals surface area contributed by atoms with Crippen molar-refractivity contribution in [3.8, 4) is 57.5 Å². The van der Waals surface area contributed by atoms with Crippen molar-refractivity contribution < 1.29 is 46.1 Å². The van der Waals surface area contributed by atoms with E-state index in [0.29, 0.717) is 57.5 Å². The van der Waals surface area contributed by atoms with E-state index in [1.54, 1.807) is 11.8 Å². The average Bonchev–Trinajstić information content (AvgIpc) is 4.06. The van der Waals surface area contributed by atoms with E-state index in [9.17, 15) is 0 Å². The Bertz CT molecular complexity index is 2780. The highest BCUT2D eigenvalue weighted by atomic mass is 32.2. The van der Waals surface area contributed by atoms with Gasteiger partial charge < -0.3 is 46.1 Å². The Labute approximate surface area is 451 Å². The summed E-state index contributed by atoms with van der Waals surface area (Å²) in [5.41, 5.74) is 4.68. The minimum atomic E-state index is -2.19. The summed E-state index contributed by atoms with van der Waals surface area (Å²) in [4.78, 5) is 1.69. The summed E-state index contributed by atoms with van der Waals surface area (Å²) in [6.07, 6.45) is 4.84. The first-order valence-corrected chi connectivity index (χ1v) is 29.3. The fourth-order valence-corrected chi connectivity index (χ4v) is 13.2. The maximum absolute atomic E-state index is 7.14. The zero-order valence-corrected chi connectivity index (χ0v) is 48.6. The lowest BCUT2D eigenvalue weighted by Gasteiger charge is -2.27. The maximum atomic E-state index is 7.14. The number of ether oxygens (including phenoxy) is 4. The van der Waals surface area contributed by atoms with Crippen LogP contribution in [-0.4, -0.2) is 22.4 Å². The highest BCUT2D eigenvalue weighted by molar-refractivity contribution is 7.99. The molecule has 0 saturated heterocycles. The quantitative estimate of drug-likeness (QED) is 0.0771. The van der Waals surface area contributed by atoms with Crippen LogP contribution in [-0.2, 0) is 36.5 Å². The molecule has 10 rings (SSSR count). The van der Waals surface area contributed by atoms with Crippen molar-refractivity contribution >= 4 is 29.0 Å². The van der Waals surface area contributed by atoms with Crippen molar-refractivity contribution in [3.63, 3.8) is 0 Å². The molecule has 0 spiro atoms. The molecule has 0 unspecified atom stereocenters. The van der Waals surface area contributed by atoms with Gasteiger partial charge in [0.05, 0.1) is 9.79 Å². The highest BCUT2D eigenvalue weighted by Crippen LogP contribution is 2.57. The summed E-state index contributed by atoms with van der Waals surface area (Å²) in [6, 6.07) is 36.8. The third-order valence-electron chi connectivity index (χ3n) is 14.7. The molecule has 6 aromatic rings. The van der Waals surface area contributed by atoms with Crippen LogP contribution in [0.25, 0.3) is 0 Å². The van der Waals surface area contributed by atoms with Gasteiger partial charge in [-0.25, -0.2) is 0 Å². The smallest absolute Gasteiger partial charge is 0.483 e. The van der Waals surface area contributed by atoms with E-state index in [0.717, 1.165) is 81.7 Å². The van der Waals surface area contributed by atoms with Crippen LogP contribution in [0.3, 0.4) is 0 Å². The van der Waals surface area contributed by atoms with Crippen LogP contribution < -0.4 is 46.1 Å². The molecule has 0 saturated carbocycles. The molecule has 75 heavy (non-hydrogen) atoms. The molecule has 0 bridgehead atoms. The minimum absolute atomic E-state index is 0.157. The van der Waals surface area contributed by atoms with Crippen molar-refractivity contribution in [2.24, 2.45) is 0 Å². The van der Waals surface area contributed by atoms with Gasteiger partial charge in [0.15, 0.2) is 46.0 Å². The zero-order chi connectivity index (χ0) is 53.3. The van der Waals surface area contributed by atoms with Gasteiger partial charge in [0.25, 0.3) is 0 Å². The second-order valence-electron chi connectivity index (χ2n) is 24.0. The first-order valence-electron chi connectivity index (χ1n) is 26.3. The van der Waals surface area contributed by atoms with Crippen LogP contribution in [0.15, 0.2) is 119 Å². The predicted octanol–water partition coefficient (Wildman–Crippen LogP) is 17.6. The maximum Gasteiger partial charge on any atom is 0.530 e. The van der Waals surface area contributed by atoms with Crippen LogP contribution in [0.2, 0.25) is 0 Å². The number of rotatable bonds is 18. The average molecular weight is 1070 g/mol. The Hall–Kier alpha value is -5.47. The number of para-hydroxylation sites is 4. The Balaban J connectivity index is 1.06. The van der Waals surface area contributed by atoms with E-state index in [4.69, 9.17) is 46.1 Å². The predicted molar refractivity (Wildman–Crippen MR) is 301 cm³/mol. The van der Waals surface area contributed by atoms with Gasteiger partial charge in [-0.2, -0.15) is 0 Å². The van der Waals surface area contributed by atoms with Crippen molar-refractivity contribution in [1.29, 1.82) is 0 Å². The van der Waals surface area contributed by atoms with Crippen LogP contribution in [0, 0.1) is 0 Å². The van der Waals surface area contributed by atoms with Gasteiger partial charge in [-0.05, 0) is 139 Å². The van der Waals surface area contributed by atoms with E-state index in [2.05, 4.69) is 145 Å². The third kappa shape index (κ3) is 11.5. The van der Waals surface area contributed by atoms with Gasteiger partial charge >= 0.3 is 17.2 Å². The Morgan fingerprint density at radius 3 is 0.933 bits per heavy atom. The second-order valence-corrected chi connectivity index (χ2v) is 27.1. The molecule has 0 atom stereocenters. The minimum Gasteiger partial charge on any atom is -0.483 e. The zero-order valence-electron chi connectivity index (χ0n) is 46.0. The Morgan fingerprint density at radius 2 is 0.667 bits per heavy atom.